The Balaban J connectivity index is 2.21. The summed E-state index contributed by atoms with van der Waals surface area (Å²) in [7, 11) is 0. The molecule has 1 aliphatic heterocycles. The summed E-state index contributed by atoms with van der Waals surface area (Å²) in [6.45, 7) is 6.81. The highest BCUT2D eigenvalue weighted by molar-refractivity contribution is 5.87. The van der Waals surface area contributed by atoms with Gasteiger partial charge in [-0.1, -0.05) is 13.0 Å². The molecular formula is C14H19NO3. The molecule has 4 nitrogen and oxygen atoms in total. The Kier molecular flexibility index (Phi) is 3.45. The first kappa shape index (κ1) is 12.7. The second kappa shape index (κ2) is 4.88. The predicted molar refractivity (Wildman–Crippen MR) is 68.9 cm³/mol. The Morgan fingerprint density at radius 1 is 1.33 bits per heavy atom. The van der Waals surface area contributed by atoms with Crippen LogP contribution in [0.4, 0.5) is 0 Å². The fourth-order valence-corrected chi connectivity index (χ4v) is 1.88. The molecule has 0 spiro atoms. The largest absolute Gasteiger partial charge is 0.454 e. The van der Waals surface area contributed by atoms with Crippen LogP contribution in [0.2, 0.25) is 0 Å². The summed E-state index contributed by atoms with van der Waals surface area (Å²) in [6, 6.07) is 5.65. The number of carbonyl (C=O) groups excluding carboxylic acids is 1. The van der Waals surface area contributed by atoms with Crippen LogP contribution >= 0.6 is 0 Å². The van der Waals surface area contributed by atoms with Crippen molar-refractivity contribution in [3.05, 3.63) is 23.8 Å². The second-order valence-electron chi connectivity index (χ2n) is 4.95. The lowest BCUT2D eigenvalue weighted by Gasteiger charge is -2.24. The van der Waals surface area contributed by atoms with Gasteiger partial charge in [0.1, 0.15) is 0 Å². The Hall–Kier alpha value is -1.71. The molecule has 0 saturated heterocycles. The molecule has 0 bridgehead atoms. The summed E-state index contributed by atoms with van der Waals surface area (Å²) in [4.78, 5) is 12.1. The van der Waals surface area contributed by atoms with Crippen molar-refractivity contribution in [2.24, 2.45) is 0 Å². The standard InChI is InChI=1S/C14H19NO3/c1-4-7-15-13(16)14(2,3)10-5-6-11-12(8-10)18-9-17-11/h5-6,8H,4,7,9H2,1-3H3,(H,15,16). The minimum Gasteiger partial charge on any atom is -0.454 e. The number of carbonyl (C=O) groups is 1. The monoisotopic (exact) mass is 249 g/mol. The highest BCUT2D eigenvalue weighted by atomic mass is 16.7. The Bertz CT molecular complexity index is 454. The van der Waals surface area contributed by atoms with Crippen LogP contribution in [0.5, 0.6) is 11.5 Å². The van der Waals surface area contributed by atoms with E-state index in [4.69, 9.17) is 9.47 Å². The second-order valence-corrected chi connectivity index (χ2v) is 4.95. The molecule has 0 unspecified atom stereocenters. The topological polar surface area (TPSA) is 47.6 Å². The molecule has 0 radical (unpaired) electrons. The Morgan fingerprint density at radius 2 is 2.06 bits per heavy atom. The van der Waals surface area contributed by atoms with Crippen molar-refractivity contribution in [2.75, 3.05) is 13.3 Å². The summed E-state index contributed by atoms with van der Waals surface area (Å²) in [5.74, 6) is 1.48. The van der Waals surface area contributed by atoms with E-state index in [0.717, 1.165) is 17.7 Å². The number of hydrogen-bond acceptors (Lipinski definition) is 3. The first-order valence-corrected chi connectivity index (χ1v) is 6.24. The third-order valence-corrected chi connectivity index (χ3v) is 3.20. The summed E-state index contributed by atoms with van der Waals surface area (Å²) in [5, 5.41) is 2.93. The lowest BCUT2D eigenvalue weighted by Crippen LogP contribution is -2.40. The number of hydrogen-bond donors (Lipinski definition) is 1. The van der Waals surface area contributed by atoms with Crippen molar-refractivity contribution in [3.8, 4) is 11.5 Å². The van der Waals surface area contributed by atoms with Gasteiger partial charge < -0.3 is 14.8 Å². The van der Waals surface area contributed by atoms with Crippen LogP contribution < -0.4 is 14.8 Å². The summed E-state index contributed by atoms with van der Waals surface area (Å²) < 4.78 is 10.6. The third kappa shape index (κ3) is 2.28. The van der Waals surface area contributed by atoms with Gasteiger partial charge in [-0.15, -0.1) is 0 Å². The average molecular weight is 249 g/mol. The lowest BCUT2D eigenvalue weighted by molar-refractivity contribution is -0.125. The molecule has 1 heterocycles. The van der Waals surface area contributed by atoms with E-state index in [9.17, 15) is 4.79 Å². The molecule has 4 heteroatoms. The van der Waals surface area contributed by atoms with Crippen LogP contribution in [0.3, 0.4) is 0 Å². The number of ether oxygens (including phenoxy) is 2. The van der Waals surface area contributed by atoms with Crippen LogP contribution in [0.1, 0.15) is 32.8 Å². The van der Waals surface area contributed by atoms with Crippen LogP contribution in [0.25, 0.3) is 0 Å². The Labute approximate surface area is 107 Å². The van der Waals surface area contributed by atoms with E-state index in [0.29, 0.717) is 12.3 Å². The van der Waals surface area contributed by atoms with Gasteiger partial charge in [0, 0.05) is 6.54 Å². The van der Waals surface area contributed by atoms with Gasteiger partial charge in [0.2, 0.25) is 12.7 Å². The van der Waals surface area contributed by atoms with Crippen molar-refractivity contribution < 1.29 is 14.3 Å². The molecule has 1 aromatic rings. The molecule has 0 saturated carbocycles. The van der Waals surface area contributed by atoms with Gasteiger partial charge in [0.05, 0.1) is 5.41 Å². The molecule has 18 heavy (non-hydrogen) atoms. The van der Waals surface area contributed by atoms with Gasteiger partial charge in [-0.25, -0.2) is 0 Å². The molecule has 1 amide bonds. The van der Waals surface area contributed by atoms with E-state index in [1.165, 1.54) is 0 Å². The number of fused-ring (bicyclic) bond motifs is 1. The van der Waals surface area contributed by atoms with E-state index in [-0.39, 0.29) is 12.7 Å². The van der Waals surface area contributed by atoms with Crippen molar-refractivity contribution in [3.63, 3.8) is 0 Å². The first-order chi connectivity index (χ1) is 8.55. The zero-order valence-electron chi connectivity index (χ0n) is 11.1. The lowest BCUT2D eigenvalue weighted by atomic mass is 9.83. The van der Waals surface area contributed by atoms with E-state index in [1.807, 2.05) is 39.0 Å². The van der Waals surface area contributed by atoms with Crippen molar-refractivity contribution in [2.45, 2.75) is 32.6 Å². The van der Waals surface area contributed by atoms with Crippen molar-refractivity contribution in [1.29, 1.82) is 0 Å². The van der Waals surface area contributed by atoms with E-state index < -0.39 is 5.41 Å². The van der Waals surface area contributed by atoms with Crippen LogP contribution in [-0.4, -0.2) is 19.2 Å². The minimum absolute atomic E-state index is 0.0308. The van der Waals surface area contributed by atoms with Crippen molar-refractivity contribution in [1.82, 2.24) is 5.32 Å². The molecule has 1 aliphatic rings. The number of amides is 1. The maximum atomic E-state index is 12.1. The molecule has 0 atom stereocenters. The highest BCUT2D eigenvalue weighted by Crippen LogP contribution is 2.36. The summed E-state index contributed by atoms with van der Waals surface area (Å²) in [6.07, 6.45) is 0.933. The zero-order chi connectivity index (χ0) is 13.2. The molecule has 0 aliphatic carbocycles. The normalized spacial score (nSPS) is 13.5. The van der Waals surface area contributed by atoms with Gasteiger partial charge in [-0.05, 0) is 38.0 Å². The molecule has 98 valence electrons. The van der Waals surface area contributed by atoms with Crippen LogP contribution in [-0.2, 0) is 10.2 Å². The predicted octanol–water partition coefficient (Wildman–Crippen LogP) is 2.22. The SMILES string of the molecule is CCCNC(=O)C(C)(C)c1ccc2c(c1)OCO2. The van der Waals surface area contributed by atoms with Crippen LogP contribution in [0.15, 0.2) is 18.2 Å². The van der Waals surface area contributed by atoms with E-state index in [2.05, 4.69) is 5.32 Å². The molecule has 0 aromatic heterocycles. The van der Waals surface area contributed by atoms with Gasteiger partial charge in [0.15, 0.2) is 11.5 Å². The smallest absolute Gasteiger partial charge is 0.231 e. The quantitative estimate of drug-likeness (QED) is 0.890. The van der Waals surface area contributed by atoms with Crippen molar-refractivity contribution >= 4 is 5.91 Å². The average Bonchev–Trinajstić information content (AvgIpc) is 2.82. The van der Waals surface area contributed by atoms with Gasteiger partial charge in [0.25, 0.3) is 0 Å². The van der Waals surface area contributed by atoms with Gasteiger partial charge in [-0.2, -0.15) is 0 Å². The minimum atomic E-state index is -0.573. The van der Waals surface area contributed by atoms with E-state index in [1.54, 1.807) is 0 Å². The molecule has 0 fully saturated rings. The third-order valence-electron chi connectivity index (χ3n) is 3.20. The first-order valence-electron chi connectivity index (χ1n) is 6.24. The number of rotatable bonds is 4. The van der Waals surface area contributed by atoms with Crippen LogP contribution in [0, 0.1) is 0 Å². The number of nitrogens with one attached hydrogen (secondary N) is 1. The van der Waals surface area contributed by atoms with Gasteiger partial charge in [-0.3, -0.25) is 4.79 Å². The molecular weight excluding hydrogens is 230 g/mol. The molecule has 1 N–H and O–H groups in total. The maximum absolute atomic E-state index is 12.1. The fourth-order valence-electron chi connectivity index (χ4n) is 1.88. The molecule has 1 aromatic carbocycles. The summed E-state index contributed by atoms with van der Waals surface area (Å²) in [5.41, 5.74) is 0.358. The fraction of sp³-hybridized carbons (Fsp3) is 0.500. The number of benzene rings is 1. The highest BCUT2D eigenvalue weighted by Gasteiger charge is 2.31. The zero-order valence-corrected chi connectivity index (χ0v) is 11.1. The summed E-state index contributed by atoms with van der Waals surface area (Å²) >= 11 is 0. The molecule has 2 rings (SSSR count). The van der Waals surface area contributed by atoms with Gasteiger partial charge >= 0.3 is 0 Å². The Morgan fingerprint density at radius 3 is 2.78 bits per heavy atom. The maximum Gasteiger partial charge on any atom is 0.231 e. The van der Waals surface area contributed by atoms with E-state index >= 15 is 0 Å².